The second-order valence-corrected chi connectivity index (χ2v) is 3.55. The predicted octanol–water partition coefficient (Wildman–Crippen LogP) is 2.82. The van der Waals surface area contributed by atoms with E-state index in [1.165, 1.54) is 30.3 Å². The minimum atomic E-state index is -0.872. The van der Waals surface area contributed by atoms with Crippen LogP contribution in [0.4, 0.5) is 4.39 Å². The molecule has 0 unspecified atom stereocenters. The van der Waals surface area contributed by atoms with Crippen molar-refractivity contribution in [2.45, 2.75) is 0 Å². The van der Waals surface area contributed by atoms with Crippen LogP contribution in [0.5, 0.6) is 0 Å². The average Bonchev–Trinajstić information content (AvgIpc) is 2.39. The molecule has 0 atom stereocenters. The van der Waals surface area contributed by atoms with Gasteiger partial charge in [-0.2, -0.15) is 0 Å². The van der Waals surface area contributed by atoms with Crippen LogP contribution in [0.2, 0.25) is 0 Å². The van der Waals surface area contributed by atoms with Gasteiger partial charge in [0.25, 0.3) is 0 Å². The fraction of sp³-hybridized carbons (Fsp3) is 0. The number of benzene rings is 2. The van der Waals surface area contributed by atoms with E-state index < -0.39 is 17.8 Å². The van der Waals surface area contributed by atoms with Gasteiger partial charge in [-0.1, -0.05) is 24.3 Å². The molecule has 2 aromatic carbocycles. The highest BCUT2D eigenvalue weighted by Gasteiger charge is 2.14. The molecule has 0 amide bonds. The summed E-state index contributed by atoms with van der Waals surface area (Å²) in [7, 11) is 0. The quantitative estimate of drug-likeness (QED) is 0.602. The zero-order valence-corrected chi connectivity index (χ0v) is 9.30. The Morgan fingerprint density at radius 3 is 2.11 bits per heavy atom. The third-order valence-corrected chi connectivity index (χ3v) is 2.26. The summed E-state index contributed by atoms with van der Waals surface area (Å²) in [6.07, 6.45) is 0. The molecule has 4 heteroatoms. The fourth-order valence-corrected chi connectivity index (χ4v) is 1.39. The Morgan fingerprint density at radius 1 is 0.833 bits per heavy atom. The van der Waals surface area contributed by atoms with E-state index in [-0.39, 0.29) is 11.1 Å². The summed E-state index contributed by atoms with van der Waals surface area (Å²) in [6, 6.07) is 13.1. The molecule has 0 aromatic heterocycles. The highest BCUT2D eigenvalue weighted by molar-refractivity contribution is 6.02. The van der Waals surface area contributed by atoms with Crippen molar-refractivity contribution in [2.75, 3.05) is 0 Å². The van der Waals surface area contributed by atoms with E-state index in [9.17, 15) is 14.0 Å². The van der Waals surface area contributed by atoms with Gasteiger partial charge in [0, 0.05) is 0 Å². The van der Waals surface area contributed by atoms with Crippen molar-refractivity contribution in [3.63, 3.8) is 0 Å². The van der Waals surface area contributed by atoms with Crippen LogP contribution in [-0.4, -0.2) is 11.9 Å². The molecular formula is C14H9FO3. The van der Waals surface area contributed by atoms with Crippen LogP contribution in [0.3, 0.4) is 0 Å². The molecule has 0 heterocycles. The van der Waals surface area contributed by atoms with Crippen molar-refractivity contribution in [3.8, 4) is 0 Å². The highest BCUT2D eigenvalue weighted by Crippen LogP contribution is 2.08. The molecule has 2 aromatic rings. The fourth-order valence-electron chi connectivity index (χ4n) is 1.39. The lowest BCUT2D eigenvalue weighted by Gasteiger charge is -2.02. The van der Waals surface area contributed by atoms with Crippen LogP contribution in [0.15, 0.2) is 54.6 Å². The van der Waals surface area contributed by atoms with E-state index in [0.29, 0.717) is 0 Å². The van der Waals surface area contributed by atoms with E-state index in [4.69, 9.17) is 0 Å². The maximum absolute atomic E-state index is 12.9. The molecule has 2 rings (SSSR count). The van der Waals surface area contributed by atoms with Gasteiger partial charge in [0.05, 0.1) is 11.1 Å². The first-order valence-corrected chi connectivity index (χ1v) is 5.24. The molecular weight excluding hydrogens is 235 g/mol. The second kappa shape index (κ2) is 5.23. The molecule has 0 saturated carbocycles. The van der Waals surface area contributed by atoms with E-state index in [2.05, 4.69) is 4.74 Å². The van der Waals surface area contributed by atoms with Gasteiger partial charge in [-0.3, -0.25) is 0 Å². The smallest absolute Gasteiger partial charge is 0.346 e. The number of carbonyl (C=O) groups is 2. The largest absolute Gasteiger partial charge is 0.386 e. The van der Waals surface area contributed by atoms with Crippen LogP contribution in [0.1, 0.15) is 20.7 Å². The van der Waals surface area contributed by atoms with E-state index >= 15 is 0 Å². The molecule has 0 radical (unpaired) electrons. The van der Waals surface area contributed by atoms with Crippen LogP contribution >= 0.6 is 0 Å². The van der Waals surface area contributed by atoms with Crippen molar-refractivity contribution < 1.29 is 18.7 Å². The number of halogens is 1. The lowest BCUT2D eigenvalue weighted by Crippen LogP contribution is -2.12. The van der Waals surface area contributed by atoms with Gasteiger partial charge >= 0.3 is 11.9 Å². The Hall–Kier alpha value is -2.49. The zero-order valence-electron chi connectivity index (χ0n) is 9.30. The Kier molecular flexibility index (Phi) is 3.48. The van der Waals surface area contributed by atoms with Gasteiger partial charge in [-0.05, 0) is 30.3 Å². The molecule has 0 fully saturated rings. The summed E-state index contributed by atoms with van der Waals surface area (Å²) in [5, 5.41) is 0. The van der Waals surface area contributed by atoms with Crippen LogP contribution in [0, 0.1) is 5.82 Å². The Bertz CT molecular complexity index is 579. The van der Waals surface area contributed by atoms with Crippen LogP contribution in [0.25, 0.3) is 0 Å². The molecule has 18 heavy (non-hydrogen) atoms. The summed E-state index contributed by atoms with van der Waals surface area (Å²) in [6.45, 7) is 0. The number of rotatable bonds is 2. The van der Waals surface area contributed by atoms with Gasteiger partial charge in [0.1, 0.15) is 5.82 Å². The first-order valence-electron chi connectivity index (χ1n) is 5.24. The van der Waals surface area contributed by atoms with E-state index in [0.717, 1.165) is 6.07 Å². The summed E-state index contributed by atoms with van der Waals surface area (Å²) >= 11 is 0. The van der Waals surface area contributed by atoms with E-state index in [1.807, 2.05) is 0 Å². The van der Waals surface area contributed by atoms with Crippen LogP contribution in [-0.2, 0) is 4.74 Å². The molecule has 0 aliphatic rings. The van der Waals surface area contributed by atoms with Crippen molar-refractivity contribution in [1.29, 1.82) is 0 Å². The van der Waals surface area contributed by atoms with Gasteiger partial charge in [-0.25, -0.2) is 14.0 Å². The molecule has 0 N–H and O–H groups in total. The maximum atomic E-state index is 12.9. The molecule has 3 nitrogen and oxygen atoms in total. The summed E-state index contributed by atoms with van der Waals surface area (Å²) in [4.78, 5) is 23.1. The SMILES string of the molecule is O=C(OC(=O)c1cccc(F)c1)c1ccccc1. The maximum Gasteiger partial charge on any atom is 0.346 e. The van der Waals surface area contributed by atoms with Crippen molar-refractivity contribution >= 4 is 11.9 Å². The normalized spacial score (nSPS) is 9.83. The number of esters is 2. The van der Waals surface area contributed by atoms with Crippen molar-refractivity contribution in [1.82, 2.24) is 0 Å². The monoisotopic (exact) mass is 244 g/mol. The molecule has 0 aliphatic heterocycles. The van der Waals surface area contributed by atoms with Gasteiger partial charge in [-0.15, -0.1) is 0 Å². The number of hydrogen-bond donors (Lipinski definition) is 0. The first-order chi connectivity index (χ1) is 8.66. The third-order valence-electron chi connectivity index (χ3n) is 2.26. The average molecular weight is 244 g/mol. The number of ether oxygens (including phenoxy) is 1. The molecule has 0 spiro atoms. The first kappa shape index (κ1) is 12.0. The van der Waals surface area contributed by atoms with Crippen molar-refractivity contribution in [2.24, 2.45) is 0 Å². The van der Waals surface area contributed by atoms with Crippen molar-refractivity contribution in [3.05, 3.63) is 71.5 Å². The second-order valence-electron chi connectivity index (χ2n) is 3.55. The summed E-state index contributed by atoms with van der Waals surface area (Å²) in [5.41, 5.74) is 0.265. The lowest BCUT2D eigenvalue weighted by molar-refractivity contribution is 0.0397. The Morgan fingerprint density at radius 2 is 1.44 bits per heavy atom. The van der Waals surface area contributed by atoms with Crippen LogP contribution < -0.4 is 0 Å². The van der Waals surface area contributed by atoms with Gasteiger partial charge in [0.15, 0.2) is 0 Å². The minimum absolute atomic E-state index is 0.000666. The zero-order chi connectivity index (χ0) is 13.0. The summed E-state index contributed by atoms with van der Waals surface area (Å²) < 4.78 is 17.5. The highest BCUT2D eigenvalue weighted by atomic mass is 19.1. The number of carbonyl (C=O) groups excluding carboxylic acids is 2. The predicted molar refractivity (Wildman–Crippen MR) is 62.6 cm³/mol. The minimum Gasteiger partial charge on any atom is -0.386 e. The van der Waals surface area contributed by atoms with Gasteiger partial charge < -0.3 is 4.74 Å². The molecule has 0 bridgehead atoms. The lowest BCUT2D eigenvalue weighted by atomic mass is 10.2. The number of hydrogen-bond acceptors (Lipinski definition) is 3. The van der Waals surface area contributed by atoms with Gasteiger partial charge in [0.2, 0.25) is 0 Å². The van der Waals surface area contributed by atoms with E-state index in [1.54, 1.807) is 18.2 Å². The Balaban J connectivity index is 2.11. The summed E-state index contributed by atoms with van der Waals surface area (Å²) in [5.74, 6) is -2.19. The third kappa shape index (κ3) is 2.79. The molecule has 0 saturated heterocycles. The topological polar surface area (TPSA) is 43.4 Å². The Labute approximate surface area is 103 Å². The molecule has 0 aliphatic carbocycles. The standard InChI is InChI=1S/C14H9FO3/c15-12-8-4-7-11(9-12)14(17)18-13(16)10-5-2-1-3-6-10/h1-9H. The molecule has 90 valence electrons.